The zero-order valence-electron chi connectivity index (χ0n) is 17.6. The minimum absolute atomic E-state index is 0.289. The van der Waals surface area contributed by atoms with Gasteiger partial charge in [-0.05, 0) is 57.4 Å². The number of carbonyl (C=O) groups is 2. The summed E-state index contributed by atoms with van der Waals surface area (Å²) in [7, 11) is 3.12. The summed E-state index contributed by atoms with van der Waals surface area (Å²) in [5.41, 5.74) is 3.31. The van der Waals surface area contributed by atoms with E-state index in [9.17, 15) is 9.59 Å². The molecule has 29 heavy (non-hydrogen) atoms. The highest BCUT2D eigenvalue weighted by Crippen LogP contribution is 2.38. The summed E-state index contributed by atoms with van der Waals surface area (Å²) in [6, 6.07) is 7.73. The van der Waals surface area contributed by atoms with Crippen LogP contribution < -0.4 is 14.8 Å². The molecular weight excluding hydrogens is 372 g/mol. The molecule has 0 saturated heterocycles. The fourth-order valence-electron chi connectivity index (χ4n) is 3.48. The van der Waals surface area contributed by atoms with E-state index in [0.29, 0.717) is 23.1 Å². The molecule has 0 unspecified atom stereocenters. The Bertz CT molecular complexity index is 914. The summed E-state index contributed by atoms with van der Waals surface area (Å²) in [5, 5.41) is 2.79. The number of hydrogen-bond donors (Lipinski definition) is 1. The first-order chi connectivity index (χ1) is 13.8. The quantitative estimate of drug-likeness (QED) is 0.688. The number of hydrogen-bond acceptors (Lipinski definition) is 5. The van der Waals surface area contributed by atoms with Crippen molar-refractivity contribution >= 4 is 11.9 Å². The third kappa shape index (κ3) is 4.55. The molecule has 1 saturated carbocycles. The number of ether oxygens (including phenoxy) is 3. The number of nitrogens with one attached hydrogen (secondary N) is 1. The normalized spacial score (nSPS) is 14.2. The molecule has 156 valence electrons. The van der Waals surface area contributed by atoms with Crippen molar-refractivity contribution in [2.24, 2.45) is 0 Å². The average molecular weight is 400 g/mol. The topological polar surface area (TPSA) is 78.8 Å². The number of benzene rings is 1. The van der Waals surface area contributed by atoms with E-state index in [2.05, 4.69) is 9.88 Å². The Morgan fingerprint density at radius 2 is 1.83 bits per heavy atom. The number of carbonyl (C=O) groups excluding carboxylic acids is 2. The van der Waals surface area contributed by atoms with E-state index < -0.39 is 12.1 Å². The van der Waals surface area contributed by atoms with Gasteiger partial charge in [0.2, 0.25) is 0 Å². The van der Waals surface area contributed by atoms with Crippen LogP contribution in [0.25, 0.3) is 0 Å². The molecule has 3 rings (SSSR count). The van der Waals surface area contributed by atoms with Gasteiger partial charge in [0.25, 0.3) is 5.91 Å². The molecule has 0 aliphatic heterocycles. The molecular formula is C22H28N2O5. The smallest absolute Gasteiger partial charge is 0.340 e. The lowest BCUT2D eigenvalue weighted by Crippen LogP contribution is -2.35. The van der Waals surface area contributed by atoms with Gasteiger partial charge >= 0.3 is 5.97 Å². The van der Waals surface area contributed by atoms with Crippen LogP contribution in [-0.2, 0) is 16.1 Å². The van der Waals surface area contributed by atoms with Crippen LogP contribution in [0.4, 0.5) is 0 Å². The van der Waals surface area contributed by atoms with Gasteiger partial charge in [-0.15, -0.1) is 0 Å². The van der Waals surface area contributed by atoms with Gasteiger partial charge in [-0.1, -0.05) is 6.07 Å². The number of esters is 1. The van der Waals surface area contributed by atoms with Crippen LogP contribution in [-0.4, -0.2) is 36.8 Å². The average Bonchev–Trinajstić information content (AvgIpc) is 3.49. The highest BCUT2D eigenvalue weighted by atomic mass is 16.5. The summed E-state index contributed by atoms with van der Waals surface area (Å²) < 4.78 is 18.1. The maximum Gasteiger partial charge on any atom is 0.340 e. The van der Waals surface area contributed by atoms with E-state index in [-0.39, 0.29) is 12.5 Å². The molecule has 0 radical (unpaired) electrons. The van der Waals surface area contributed by atoms with Crippen LogP contribution in [0.2, 0.25) is 0 Å². The number of aryl methyl sites for hydroxylation is 1. The Morgan fingerprint density at radius 1 is 1.14 bits per heavy atom. The molecule has 1 fully saturated rings. The first kappa shape index (κ1) is 20.8. The third-order valence-corrected chi connectivity index (χ3v) is 5.18. The maximum absolute atomic E-state index is 12.6. The van der Waals surface area contributed by atoms with Crippen LogP contribution >= 0.6 is 0 Å². The fourth-order valence-corrected chi connectivity index (χ4v) is 3.48. The fraction of sp³-hybridized carbons (Fsp3) is 0.455. The van der Waals surface area contributed by atoms with E-state index in [1.54, 1.807) is 33.3 Å². The minimum atomic E-state index is -0.897. The zero-order valence-corrected chi connectivity index (χ0v) is 17.6. The Kier molecular flexibility index (Phi) is 6.15. The molecule has 2 aromatic rings. The molecule has 1 aliphatic rings. The van der Waals surface area contributed by atoms with E-state index in [0.717, 1.165) is 29.8 Å². The SMILES string of the molecule is COc1ccc(CNC(=O)[C@@H](C)OC(=O)c2cc(C)n(C3CC3)c2C)cc1OC. The Labute approximate surface area is 170 Å². The molecule has 1 aliphatic carbocycles. The predicted octanol–water partition coefficient (Wildman–Crippen LogP) is 3.32. The van der Waals surface area contributed by atoms with Crippen molar-refractivity contribution in [3.63, 3.8) is 0 Å². The van der Waals surface area contributed by atoms with Crippen LogP contribution in [0.5, 0.6) is 11.5 Å². The van der Waals surface area contributed by atoms with Crippen molar-refractivity contribution in [3.8, 4) is 11.5 Å². The lowest BCUT2D eigenvalue weighted by atomic mass is 10.2. The van der Waals surface area contributed by atoms with Gasteiger partial charge in [-0.25, -0.2) is 4.79 Å². The lowest BCUT2D eigenvalue weighted by molar-refractivity contribution is -0.129. The van der Waals surface area contributed by atoms with Crippen molar-refractivity contribution in [3.05, 3.63) is 46.8 Å². The zero-order chi connectivity index (χ0) is 21.1. The van der Waals surface area contributed by atoms with Crippen LogP contribution in [0, 0.1) is 13.8 Å². The lowest BCUT2D eigenvalue weighted by Gasteiger charge is -2.15. The summed E-state index contributed by atoms with van der Waals surface area (Å²) in [6.45, 7) is 5.77. The van der Waals surface area contributed by atoms with Crippen LogP contribution in [0.1, 0.15) is 53.1 Å². The molecule has 0 spiro atoms. The predicted molar refractivity (Wildman–Crippen MR) is 108 cm³/mol. The highest BCUT2D eigenvalue weighted by molar-refractivity contribution is 5.93. The Hall–Kier alpha value is -2.96. The second-order valence-electron chi connectivity index (χ2n) is 7.34. The number of amides is 1. The second kappa shape index (κ2) is 8.59. The first-order valence-corrected chi connectivity index (χ1v) is 9.73. The van der Waals surface area contributed by atoms with E-state index >= 15 is 0 Å². The van der Waals surface area contributed by atoms with Gasteiger partial charge in [-0.2, -0.15) is 0 Å². The molecule has 7 heteroatoms. The van der Waals surface area contributed by atoms with Crippen molar-refractivity contribution in [2.75, 3.05) is 14.2 Å². The Balaban J connectivity index is 1.58. The summed E-state index contributed by atoms with van der Waals surface area (Å²) in [4.78, 5) is 25.0. The van der Waals surface area contributed by atoms with Gasteiger partial charge in [0.05, 0.1) is 19.8 Å². The van der Waals surface area contributed by atoms with Crippen LogP contribution in [0.3, 0.4) is 0 Å². The minimum Gasteiger partial charge on any atom is -0.493 e. The van der Waals surface area contributed by atoms with Gasteiger partial charge in [-0.3, -0.25) is 4.79 Å². The van der Waals surface area contributed by atoms with Crippen molar-refractivity contribution in [1.82, 2.24) is 9.88 Å². The molecule has 0 bridgehead atoms. The molecule has 1 aromatic heterocycles. The van der Waals surface area contributed by atoms with Gasteiger partial charge in [0.15, 0.2) is 17.6 Å². The third-order valence-electron chi connectivity index (χ3n) is 5.18. The molecule has 1 aromatic carbocycles. The molecule has 7 nitrogen and oxygen atoms in total. The molecule has 1 heterocycles. The number of rotatable bonds is 8. The second-order valence-corrected chi connectivity index (χ2v) is 7.34. The number of aromatic nitrogens is 1. The van der Waals surface area contributed by atoms with Gasteiger partial charge in [0, 0.05) is 24.0 Å². The highest BCUT2D eigenvalue weighted by Gasteiger charge is 2.29. The number of methoxy groups -OCH3 is 2. The summed E-state index contributed by atoms with van der Waals surface area (Å²) in [6.07, 6.45) is 1.38. The molecule has 1 amide bonds. The standard InChI is InChI=1S/C22H28N2O5/c1-13-10-18(14(2)24(13)17-7-8-17)22(26)29-15(3)21(25)23-12-16-6-9-19(27-4)20(11-16)28-5/h6,9-11,15,17H,7-8,12H2,1-5H3,(H,23,25)/t15-/m1/s1. The maximum atomic E-state index is 12.6. The summed E-state index contributed by atoms with van der Waals surface area (Å²) >= 11 is 0. The van der Waals surface area contributed by atoms with E-state index in [4.69, 9.17) is 14.2 Å². The van der Waals surface area contributed by atoms with Crippen molar-refractivity contribution in [1.29, 1.82) is 0 Å². The molecule has 1 atom stereocenters. The van der Waals surface area contributed by atoms with Crippen molar-refractivity contribution < 1.29 is 23.8 Å². The van der Waals surface area contributed by atoms with Crippen molar-refractivity contribution in [2.45, 2.75) is 52.3 Å². The largest absolute Gasteiger partial charge is 0.493 e. The molecule has 1 N–H and O–H groups in total. The van der Waals surface area contributed by atoms with Gasteiger partial charge in [0.1, 0.15) is 0 Å². The van der Waals surface area contributed by atoms with Gasteiger partial charge < -0.3 is 24.1 Å². The van der Waals surface area contributed by atoms with Crippen LogP contribution in [0.15, 0.2) is 24.3 Å². The number of nitrogens with zero attached hydrogens (tertiary/aromatic N) is 1. The first-order valence-electron chi connectivity index (χ1n) is 9.73. The monoisotopic (exact) mass is 400 g/mol. The Morgan fingerprint density at radius 3 is 2.45 bits per heavy atom. The summed E-state index contributed by atoms with van der Waals surface area (Å²) in [5.74, 6) is 0.376. The van der Waals surface area contributed by atoms with E-state index in [1.807, 2.05) is 26.0 Å². The van der Waals surface area contributed by atoms with E-state index in [1.165, 1.54) is 0 Å².